The molecule has 10 heteroatoms. The van der Waals surface area contributed by atoms with Crippen molar-refractivity contribution in [1.82, 2.24) is 0 Å². The standard InChI is InChI=1S/C12H12N4O5.C8H18O/c13-7-8-5-11(16(19)20)9(14-12(17)18)6-10(8)15-1-3-21-4-2-15;1-7(2,3)9-8(4,5)6/h5-6,14H,1-4H2,(H,17,18);1-6H3. The number of hydrogen-bond acceptors (Lipinski definition) is 7. The van der Waals surface area contributed by atoms with Crippen LogP contribution in [0.2, 0.25) is 0 Å². The van der Waals surface area contributed by atoms with E-state index in [9.17, 15) is 14.9 Å². The molecule has 0 unspecified atom stereocenters. The maximum atomic E-state index is 11.0. The van der Waals surface area contributed by atoms with Crippen molar-refractivity contribution in [2.75, 3.05) is 36.5 Å². The molecule has 1 aliphatic rings. The zero-order chi connectivity index (χ0) is 23.1. The minimum absolute atomic E-state index is 0.0156. The predicted molar refractivity (Wildman–Crippen MR) is 113 cm³/mol. The quantitative estimate of drug-likeness (QED) is 0.551. The highest BCUT2D eigenvalue weighted by Gasteiger charge is 2.23. The van der Waals surface area contributed by atoms with Crippen LogP contribution < -0.4 is 10.2 Å². The van der Waals surface area contributed by atoms with Crippen LogP contribution in [-0.4, -0.2) is 53.6 Å². The van der Waals surface area contributed by atoms with E-state index in [0.29, 0.717) is 32.0 Å². The smallest absolute Gasteiger partial charge is 0.409 e. The van der Waals surface area contributed by atoms with Crippen LogP contribution in [0.4, 0.5) is 21.9 Å². The average Bonchev–Trinajstić information content (AvgIpc) is 2.59. The van der Waals surface area contributed by atoms with Crippen LogP contribution >= 0.6 is 0 Å². The van der Waals surface area contributed by atoms with Gasteiger partial charge in [-0.25, -0.2) is 4.79 Å². The lowest BCUT2D eigenvalue weighted by atomic mass is 10.1. The van der Waals surface area contributed by atoms with Gasteiger partial charge in [0.25, 0.3) is 5.69 Å². The number of ether oxygens (including phenoxy) is 2. The Labute approximate surface area is 176 Å². The van der Waals surface area contributed by atoms with Gasteiger partial charge >= 0.3 is 6.09 Å². The first kappa shape index (κ1) is 25.1. The number of carboxylic acid groups (broad SMARTS) is 1. The lowest BCUT2D eigenvalue weighted by molar-refractivity contribution is -0.383. The van der Waals surface area contributed by atoms with Crippen LogP contribution in [0, 0.1) is 21.4 Å². The van der Waals surface area contributed by atoms with Gasteiger partial charge in [0.1, 0.15) is 11.8 Å². The Morgan fingerprint density at radius 3 is 2.13 bits per heavy atom. The van der Waals surface area contributed by atoms with Crippen LogP contribution in [0.15, 0.2) is 12.1 Å². The third kappa shape index (κ3) is 8.63. The highest BCUT2D eigenvalue weighted by Crippen LogP contribution is 2.33. The molecule has 0 aliphatic carbocycles. The third-order valence-electron chi connectivity index (χ3n) is 3.64. The Kier molecular flexibility index (Phi) is 8.57. The molecule has 30 heavy (non-hydrogen) atoms. The molecular formula is C20H30N4O6. The topological polar surface area (TPSA) is 138 Å². The zero-order valence-corrected chi connectivity index (χ0v) is 18.3. The molecule has 1 saturated heterocycles. The molecule has 0 atom stereocenters. The number of nitrogens with zero attached hydrogens (tertiary/aromatic N) is 3. The van der Waals surface area contributed by atoms with E-state index in [0.717, 1.165) is 6.07 Å². The van der Waals surface area contributed by atoms with E-state index in [1.54, 1.807) is 0 Å². The summed E-state index contributed by atoms with van der Waals surface area (Å²) in [5.74, 6) is 0. The summed E-state index contributed by atoms with van der Waals surface area (Å²) >= 11 is 0. The molecule has 0 radical (unpaired) electrons. The van der Waals surface area contributed by atoms with Gasteiger partial charge in [-0.1, -0.05) is 0 Å². The summed E-state index contributed by atoms with van der Waals surface area (Å²) in [4.78, 5) is 22.8. The minimum Gasteiger partial charge on any atom is -0.465 e. The Morgan fingerprint density at radius 2 is 1.77 bits per heavy atom. The van der Waals surface area contributed by atoms with E-state index in [-0.39, 0.29) is 22.5 Å². The van der Waals surface area contributed by atoms with Gasteiger partial charge in [0, 0.05) is 19.2 Å². The summed E-state index contributed by atoms with van der Waals surface area (Å²) in [7, 11) is 0. The Hall–Kier alpha value is -2.90. The van der Waals surface area contributed by atoms with E-state index in [1.165, 1.54) is 6.07 Å². The van der Waals surface area contributed by atoms with Crippen molar-refractivity contribution in [3.8, 4) is 6.07 Å². The van der Waals surface area contributed by atoms with Gasteiger partial charge in [0.05, 0.1) is 40.6 Å². The number of carbonyl (C=O) groups is 1. The largest absolute Gasteiger partial charge is 0.465 e. The summed E-state index contributed by atoms with van der Waals surface area (Å²) in [5, 5.41) is 30.9. The van der Waals surface area contributed by atoms with E-state index in [2.05, 4.69) is 41.5 Å². The van der Waals surface area contributed by atoms with E-state index in [4.69, 9.17) is 19.8 Å². The summed E-state index contributed by atoms with van der Waals surface area (Å²) in [6, 6.07) is 4.30. The number of hydrogen-bond donors (Lipinski definition) is 2. The molecular weight excluding hydrogens is 392 g/mol. The van der Waals surface area contributed by atoms with Crippen molar-refractivity contribution in [3.63, 3.8) is 0 Å². The molecule has 1 aromatic carbocycles. The van der Waals surface area contributed by atoms with Crippen molar-refractivity contribution in [3.05, 3.63) is 27.8 Å². The number of nitrogens with one attached hydrogen (secondary N) is 1. The molecule has 166 valence electrons. The molecule has 0 spiro atoms. The van der Waals surface area contributed by atoms with Crippen molar-refractivity contribution in [2.45, 2.75) is 52.7 Å². The fraction of sp³-hybridized carbons (Fsp3) is 0.600. The van der Waals surface area contributed by atoms with Crippen LogP contribution in [0.5, 0.6) is 0 Å². The van der Waals surface area contributed by atoms with Gasteiger partial charge in [0.2, 0.25) is 0 Å². The van der Waals surface area contributed by atoms with Crippen molar-refractivity contribution < 1.29 is 24.3 Å². The molecule has 2 N–H and O–H groups in total. The van der Waals surface area contributed by atoms with E-state index in [1.807, 2.05) is 16.3 Å². The number of rotatable bonds is 3. The van der Waals surface area contributed by atoms with E-state index >= 15 is 0 Å². The van der Waals surface area contributed by atoms with E-state index < -0.39 is 16.7 Å². The fourth-order valence-electron chi connectivity index (χ4n) is 3.02. The minimum atomic E-state index is -1.41. The highest BCUT2D eigenvalue weighted by molar-refractivity contribution is 5.89. The number of amides is 1. The van der Waals surface area contributed by atoms with Gasteiger partial charge in [-0.15, -0.1) is 0 Å². The Balaban J connectivity index is 0.000000424. The second-order valence-corrected chi connectivity index (χ2v) is 8.61. The van der Waals surface area contributed by atoms with Crippen LogP contribution in [0.1, 0.15) is 47.1 Å². The molecule has 2 rings (SSSR count). The maximum Gasteiger partial charge on any atom is 0.409 e. The van der Waals surface area contributed by atoms with Gasteiger partial charge in [-0.3, -0.25) is 15.4 Å². The monoisotopic (exact) mass is 422 g/mol. The molecule has 1 aliphatic heterocycles. The van der Waals surface area contributed by atoms with Crippen molar-refractivity contribution in [2.24, 2.45) is 0 Å². The highest BCUT2D eigenvalue weighted by atomic mass is 16.6. The van der Waals surface area contributed by atoms with Crippen LogP contribution in [0.25, 0.3) is 0 Å². The van der Waals surface area contributed by atoms with Crippen molar-refractivity contribution in [1.29, 1.82) is 5.26 Å². The summed E-state index contributed by atoms with van der Waals surface area (Å²) < 4.78 is 10.8. The first-order valence-electron chi connectivity index (χ1n) is 9.49. The molecule has 10 nitrogen and oxygen atoms in total. The maximum absolute atomic E-state index is 11.0. The Bertz CT molecular complexity index is 787. The molecule has 1 aromatic rings. The summed E-state index contributed by atoms with van der Waals surface area (Å²) in [6.07, 6.45) is -1.41. The molecule has 0 aromatic heterocycles. The fourth-order valence-corrected chi connectivity index (χ4v) is 3.02. The normalized spacial score (nSPS) is 14.2. The van der Waals surface area contributed by atoms with Gasteiger partial charge < -0.3 is 19.5 Å². The molecule has 1 fully saturated rings. The van der Waals surface area contributed by atoms with Crippen LogP contribution in [-0.2, 0) is 9.47 Å². The molecule has 1 amide bonds. The summed E-state index contributed by atoms with van der Waals surface area (Å²) in [6.45, 7) is 14.4. The lowest BCUT2D eigenvalue weighted by Gasteiger charge is -2.30. The SMILES string of the molecule is CC(C)(C)OC(C)(C)C.N#Cc1cc([N+](=O)[O-])c(NC(=O)O)cc1N1CCOCC1. The van der Waals surface area contributed by atoms with Gasteiger partial charge in [-0.05, 0) is 47.6 Å². The van der Waals surface area contributed by atoms with Gasteiger partial charge in [-0.2, -0.15) is 5.26 Å². The second-order valence-electron chi connectivity index (χ2n) is 8.61. The molecule has 0 saturated carbocycles. The number of nitro benzene ring substituents is 1. The third-order valence-corrected chi connectivity index (χ3v) is 3.64. The average molecular weight is 422 g/mol. The first-order valence-corrected chi connectivity index (χ1v) is 9.49. The molecule has 0 bridgehead atoms. The number of nitriles is 1. The lowest BCUT2D eigenvalue weighted by Crippen LogP contribution is -2.36. The van der Waals surface area contributed by atoms with Crippen LogP contribution in [0.3, 0.4) is 0 Å². The number of anilines is 2. The second kappa shape index (κ2) is 10.2. The summed E-state index contributed by atoms with van der Waals surface area (Å²) in [5.41, 5.74) is -0.0649. The number of nitro groups is 1. The van der Waals surface area contributed by atoms with Gasteiger partial charge in [0.15, 0.2) is 0 Å². The predicted octanol–water partition coefficient (Wildman–Crippen LogP) is 3.99. The first-order chi connectivity index (χ1) is 13.7. The zero-order valence-electron chi connectivity index (χ0n) is 18.3. The number of benzene rings is 1. The number of morpholine rings is 1. The van der Waals surface area contributed by atoms with Crippen molar-refractivity contribution >= 4 is 23.2 Å². The Morgan fingerprint density at radius 1 is 1.23 bits per heavy atom. The molecule has 1 heterocycles.